The van der Waals surface area contributed by atoms with E-state index in [1.165, 1.54) is 35.0 Å². The molecule has 1 saturated heterocycles. The molecular weight excluding hydrogens is 447 g/mol. The van der Waals surface area contributed by atoms with Crippen molar-refractivity contribution in [2.24, 2.45) is 24.6 Å². The van der Waals surface area contributed by atoms with Crippen LogP contribution in [0.2, 0.25) is 0 Å². The Bertz CT molecular complexity index is 1220. The number of fused-ring (bicyclic) bond motifs is 1. The van der Waals surface area contributed by atoms with Crippen molar-refractivity contribution in [3.05, 3.63) is 76.2 Å². The second-order valence-corrected chi connectivity index (χ2v) is 8.66. The van der Waals surface area contributed by atoms with Gasteiger partial charge in [0.25, 0.3) is 11.5 Å². The van der Waals surface area contributed by atoms with Crippen LogP contribution >= 0.6 is 11.6 Å². The Kier molecular flexibility index (Phi) is 6.07. The number of rotatable bonds is 6. The van der Waals surface area contributed by atoms with E-state index in [0.29, 0.717) is 24.6 Å². The third kappa shape index (κ3) is 4.28. The maximum atomic E-state index is 14.2. The number of pyridine rings is 1. The molecule has 1 aliphatic carbocycles. The van der Waals surface area contributed by atoms with E-state index in [-0.39, 0.29) is 45.8 Å². The fourth-order valence-electron chi connectivity index (χ4n) is 4.57. The van der Waals surface area contributed by atoms with E-state index in [1.807, 2.05) is 11.9 Å². The Labute approximate surface area is 195 Å². The van der Waals surface area contributed by atoms with Gasteiger partial charge in [-0.1, -0.05) is 24.3 Å². The molecule has 3 atom stereocenters. The molecule has 1 unspecified atom stereocenters. The average molecular weight is 471 g/mol. The van der Waals surface area contributed by atoms with E-state index in [0.717, 1.165) is 6.20 Å². The highest BCUT2D eigenvalue weighted by atomic mass is 35.5. The van der Waals surface area contributed by atoms with Gasteiger partial charge in [0.05, 0.1) is 17.0 Å². The summed E-state index contributed by atoms with van der Waals surface area (Å²) in [6.45, 7) is 4.76. The van der Waals surface area contributed by atoms with Crippen LogP contribution in [0.1, 0.15) is 0 Å². The number of carbonyl (C=O) groups excluding carboxylic acids is 1. The first-order valence-corrected chi connectivity index (χ1v) is 10.8. The fraction of sp³-hybridized carbons (Fsp3) is 0.304. The molecule has 0 aromatic carbocycles. The first kappa shape index (κ1) is 22.7. The number of aromatic nitrogens is 3. The number of hydrogen-bond acceptors (Lipinski definition) is 6. The summed E-state index contributed by atoms with van der Waals surface area (Å²) in [7, 11) is 3.50. The summed E-state index contributed by atoms with van der Waals surface area (Å²) in [6, 6.07) is 2.92. The second kappa shape index (κ2) is 8.82. The Morgan fingerprint density at radius 2 is 2.09 bits per heavy atom. The number of allylic oxidation sites excluding steroid dienone is 2. The minimum absolute atomic E-state index is 0.0240. The van der Waals surface area contributed by atoms with E-state index in [2.05, 4.69) is 16.5 Å². The molecule has 0 bridgehead atoms. The van der Waals surface area contributed by atoms with Crippen molar-refractivity contribution in [1.29, 1.82) is 0 Å². The molecule has 2 aromatic rings. The molecule has 2 aromatic heterocycles. The SMILES string of the molecule is C=C/C=C(\C=C(/N)Cl)C(=O)N1C[C@@H]2C(N(C)c3nc(-c4ccncc4F)cc(=O)n3C)[C@@H]2C1. The van der Waals surface area contributed by atoms with Crippen LogP contribution in [0.3, 0.4) is 0 Å². The van der Waals surface area contributed by atoms with Crippen LogP contribution < -0.4 is 16.2 Å². The molecule has 2 fully saturated rings. The lowest BCUT2D eigenvalue weighted by molar-refractivity contribution is -0.126. The molecule has 0 radical (unpaired) electrons. The van der Waals surface area contributed by atoms with Gasteiger partial charge in [0.2, 0.25) is 5.95 Å². The number of nitrogens with zero attached hydrogens (tertiary/aromatic N) is 5. The topological polar surface area (TPSA) is 97.4 Å². The highest BCUT2D eigenvalue weighted by Gasteiger charge is 2.59. The van der Waals surface area contributed by atoms with Gasteiger partial charge >= 0.3 is 0 Å². The highest BCUT2D eigenvalue weighted by molar-refractivity contribution is 6.29. The van der Waals surface area contributed by atoms with E-state index in [9.17, 15) is 14.0 Å². The normalized spacial score (nSPS) is 22.2. The largest absolute Gasteiger partial charge is 0.389 e. The average Bonchev–Trinajstić information content (AvgIpc) is 3.27. The Morgan fingerprint density at radius 3 is 2.70 bits per heavy atom. The van der Waals surface area contributed by atoms with Gasteiger partial charge in [-0.2, -0.15) is 0 Å². The third-order valence-electron chi connectivity index (χ3n) is 6.20. The zero-order valence-electron chi connectivity index (χ0n) is 18.3. The summed E-state index contributed by atoms with van der Waals surface area (Å²) in [5.74, 6) is 0.210. The van der Waals surface area contributed by atoms with Gasteiger partial charge in [-0.3, -0.25) is 19.1 Å². The predicted octanol–water partition coefficient (Wildman–Crippen LogP) is 2.03. The van der Waals surface area contributed by atoms with Crippen LogP contribution in [0.15, 0.2) is 64.9 Å². The molecule has 1 saturated carbocycles. The summed E-state index contributed by atoms with van der Waals surface area (Å²) in [5.41, 5.74) is 6.09. The minimum Gasteiger partial charge on any atom is -0.389 e. The standard InChI is InChI=1S/C23H24ClFN6O2/c1-4-5-13(8-19(24)26)22(33)31-11-15-16(12-31)21(15)30(3)23-28-18(9-20(32)29(23)2)14-6-7-27-10-17(14)25/h4-10,15-16,21H,1,11-12,26H2,2-3H3/b13-5+,19-8-/t15-,16+,21?. The lowest BCUT2D eigenvalue weighted by Crippen LogP contribution is -2.38. The number of amides is 1. The van der Waals surface area contributed by atoms with E-state index >= 15 is 0 Å². The Morgan fingerprint density at radius 1 is 1.39 bits per heavy atom. The van der Waals surface area contributed by atoms with Crippen LogP contribution in [0.5, 0.6) is 0 Å². The van der Waals surface area contributed by atoms with Crippen LogP contribution in [0.4, 0.5) is 10.3 Å². The lowest BCUT2D eigenvalue weighted by Gasteiger charge is -2.26. The van der Waals surface area contributed by atoms with E-state index in [4.69, 9.17) is 17.3 Å². The van der Waals surface area contributed by atoms with Crippen molar-refractivity contribution in [2.45, 2.75) is 6.04 Å². The predicted molar refractivity (Wildman–Crippen MR) is 125 cm³/mol. The monoisotopic (exact) mass is 470 g/mol. The third-order valence-corrected chi connectivity index (χ3v) is 6.31. The van der Waals surface area contributed by atoms with Crippen LogP contribution in [0, 0.1) is 17.7 Å². The van der Waals surface area contributed by atoms with Crippen LogP contribution in [-0.4, -0.2) is 51.5 Å². The lowest BCUT2D eigenvalue weighted by atomic mass is 10.2. The zero-order valence-corrected chi connectivity index (χ0v) is 19.0. The van der Waals surface area contributed by atoms with E-state index in [1.54, 1.807) is 18.0 Å². The molecular formula is C23H24ClFN6O2. The molecule has 1 amide bonds. The van der Waals surface area contributed by atoms with Crippen molar-refractivity contribution in [1.82, 2.24) is 19.4 Å². The van der Waals surface area contributed by atoms with Crippen LogP contribution in [-0.2, 0) is 11.8 Å². The smallest absolute Gasteiger partial charge is 0.255 e. The Balaban J connectivity index is 1.53. The zero-order chi connectivity index (χ0) is 23.9. The number of anilines is 1. The van der Waals surface area contributed by atoms with Gasteiger partial charge in [0.15, 0.2) is 5.82 Å². The molecule has 0 spiro atoms. The summed E-state index contributed by atoms with van der Waals surface area (Å²) in [5, 5.41) is 0.0240. The quantitative estimate of drug-likeness (QED) is 0.394. The van der Waals surface area contributed by atoms with Gasteiger partial charge in [0, 0.05) is 68.5 Å². The molecule has 8 nitrogen and oxygen atoms in total. The van der Waals surface area contributed by atoms with Crippen molar-refractivity contribution in [3.8, 4) is 11.3 Å². The Hall–Kier alpha value is -3.46. The minimum atomic E-state index is -0.542. The van der Waals surface area contributed by atoms with Crippen molar-refractivity contribution in [2.75, 3.05) is 25.0 Å². The second-order valence-electron chi connectivity index (χ2n) is 8.22. The molecule has 33 heavy (non-hydrogen) atoms. The number of likely N-dealkylation sites (tertiary alicyclic amines) is 1. The number of piperidine rings is 1. The molecule has 1 aliphatic heterocycles. The summed E-state index contributed by atoms with van der Waals surface area (Å²) in [4.78, 5) is 37.5. The molecule has 3 heterocycles. The van der Waals surface area contributed by atoms with E-state index < -0.39 is 5.82 Å². The fourth-order valence-corrected chi connectivity index (χ4v) is 4.69. The van der Waals surface area contributed by atoms with Gasteiger partial charge in [-0.15, -0.1) is 0 Å². The van der Waals surface area contributed by atoms with Crippen molar-refractivity contribution in [3.63, 3.8) is 0 Å². The van der Waals surface area contributed by atoms with Gasteiger partial charge in [-0.05, 0) is 18.2 Å². The molecule has 2 N–H and O–H groups in total. The highest BCUT2D eigenvalue weighted by Crippen LogP contribution is 2.49. The first-order chi connectivity index (χ1) is 15.7. The number of nitrogens with two attached hydrogens (primary N) is 1. The summed E-state index contributed by atoms with van der Waals surface area (Å²) in [6.07, 6.45) is 7.07. The maximum Gasteiger partial charge on any atom is 0.255 e. The molecule has 172 valence electrons. The van der Waals surface area contributed by atoms with Gasteiger partial charge < -0.3 is 15.5 Å². The van der Waals surface area contributed by atoms with Crippen LogP contribution in [0.25, 0.3) is 11.3 Å². The molecule has 4 rings (SSSR count). The number of hydrogen-bond donors (Lipinski definition) is 1. The van der Waals surface area contributed by atoms with Crippen molar-refractivity contribution < 1.29 is 9.18 Å². The maximum absolute atomic E-state index is 14.2. The molecule has 10 heteroatoms. The summed E-state index contributed by atoms with van der Waals surface area (Å²) < 4.78 is 15.7. The van der Waals surface area contributed by atoms with Gasteiger partial charge in [0.1, 0.15) is 0 Å². The first-order valence-electron chi connectivity index (χ1n) is 10.4. The summed E-state index contributed by atoms with van der Waals surface area (Å²) >= 11 is 5.75. The molecule has 2 aliphatic rings. The van der Waals surface area contributed by atoms with Crippen molar-refractivity contribution >= 4 is 23.5 Å². The number of carbonyl (C=O) groups is 1. The van der Waals surface area contributed by atoms with Gasteiger partial charge in [-0.25, -0.2) is 9.37 Å². The number of halogens is 2.